The lowest BCUT2D eigenvalue weighted by atomic mass is 9.98. The van der Waals surface area contributed by atoms with Gasteiger partial charge in [0.2, 0.25) is 11.9 Å². The standard InChI is InChI=1S/C15H27N5OS.ClH/c1-11(2)6-9-22-10-13(21)17-15-18-14(19-20(15)3)12-4-7-16-8-5-12;/h11-12,16H,4-10H2,1-3H3,(H,17,18,19,21);1H. The Morgan fingerprint density at radius 1 is 1.43 bits per heavy atom. The Kier molecular flexibility index (Phi) is 8.94. The van der Waals surface area contributed by atoms with E-state index in [1.165, 1.54) is 0 Å². The Bertz CT molecular complexity index is 488. The Labute approximate surface area is 149 Å². The Morgan fingerprint density at radius 2 is 2.13 bits per heavy atom. The molecule has 2 N–H and O–H groups in total. The number of nitrogens with zero attached hydrogens (tertiary/aromatic N) is 3. The molecule has 0 bridgehead atoms. The van der Waals surface area contributed by atoms with Gasteiger partial charge in [-0.15, -0.1) is 12.4 Å². The van der Waals surface area contributed by atoms with Crippen molar-refractivity contribution in [3.05, 3.63) is 5.82 Å². The molecule has 1 aromatic heterocycles. The van der Waals surface area contributed by atoms with Crippen LogP contribution < -0.4 is 10.6 Å². The van der Waals surface area contributed by atoms with Crippen molar-refractivity contribution in [1.29, 1.82) is 0 Å². The van der Waals surface area contributed by atoms with Crippen LogP contribution >= 0.6 is 24.2 Å². The average Bonchev–Trinajstić information content (AvgIpc) is 2.85. The van der Waals surface area contributed by atoms with Crippen LogP contribution in [-0.2, 0) is 11.8 Å². The predicted molar refractivity (Wildman–Crippen MR) is 98.5 cm³/mol. The zero-order valence-electron chi connectivity index (χ0n) is 14.2. The average molecular weight is 362 g/mol. The van der Waals surface area contributed by atoms with Gasteiger partial charge in [0.1, 0.15) is 0 Å². The molecule has 6 nitrogen and oxygen atoms in total. The third-order valence-electron chi connectivity index (χ3n) is 3.81. The van der Waals surface area contributed by atoms with Crippen molar-refractivity contribution in [3.8, 4) is 0 Å². The van der Waals surface area contributed by atoms with Crippen LogP contribution in [0.2, 0.25) is 0 Å². The van der Waals surface area contributed by atoms with E-state index in [9.17, 15) is 4.79 Å². The minimum absolute atomic E-state index is 0. The zero-order valence-corrected chi connectivity index (χ0v) is 15.8. The lowest BCUT2D eigenvalue weighted by Crippen LogP contribution is -2.27. The van der Waals surface area contributed by atoms with Gasteiger partial charge in [0, 0.05) is 13.0 Å². The van der Waals surface area contributed by atoms with Gasteiger partial charge in [-0.1, -0.05) is 13.8 Å². The van der Waals surface area contributed by atoms with E-state index in [-0.39, 0.29) is 18.3 Å². The predicted octanol–water partition coefficient (Wildman–Crippen LogP) is 2.42. The van der Waals surface area contributed by atoms with E-state index in [0.29, 0.717) is 23.5 Å². The minimum Gasteiger partial charge on any atom is -0.317 e. The lowest BCUT2D eigenvalue weighted by molar-refractivity contribution is -0.113. The summed E-state index contributed by atoms with van der Waals surface area (Å²) >= 11 is 1.67. The van der Waals surface area contributed by atoms with Gasteiger partial charge in [-0.2, -0.15) is 21.8 Å². The third-order valence-corrected chi connectivity index (χ3v) is 4.80. The summed E-state index contributed by atoms with van der Waals surface area (Å²) < 4.78 is 1.67. The van der Waals surface area contributed by atoms with Crippen molar-refractivity contribution in [1.82, 2.24) is 20.1 Å². The second-order valence-corrected chi connectivity index (χ2v) is 7.33. The number of carbonyl (C=O) groups excluding carboxylic acids is 1. The molecule has 1 aliphatic heterocycles. The highest BCUT2D eigenvalue weighted by Gasteiger charge is 2.21. The Hall–Kier alpha value is -0.790. The van der Waals surface area contributed by atoms with Crippen molar-refractivity contribution in [2.45, 2.75) is 39.0 Å². The summed E-state index contributed by atoms with van der Waals surface area (Å²) in [4.78, 5) is 16.5. The fraction of sp³-hybridized carbons (Fsp3) is 0.800. The van der Waals surface area contributed by atoms with Crippen molar-refractivity contribution < 1.29 is 4.79 Å². The van der Waals surface area contributed by atoms with E-state index in [2.05, 4.69) is 34.6 Å². The number of hydrogen-bond donors (Lipinski definition) is 2. The first-order chi connectivity index (χ1) is 10.6. The van der Waals surface area contributed by atoms with Gasteiger partial charge in [0.25, 0.3) is 0 Å². The van der Waals surface area contributed by atoms with E-state index in [4.69, 9.17) is 0 Å². The van der Waals surface area contributed by atoms with Crippen LogP contribution in [0.15, 0.2) is 0 Å². The molecular weight excluding hydrogens is 334 g/mol. The number of amides is 1. The number of aryl methyl sites for hydroxylation is 1. The number of anilines is 1. The summed E-state index contributed by atoms with van der Waals surface area (Å²) in [7, 11) is 1.83. The fourth-order valence-electron chi connectivity index (χ4n) is 2.41. The first-order valence-corrected chi connectivity index (χ1v) is 9.21. The SMILES string of the molecule is CC(C)CCSCC(=O)Nc1nc(C2CCNCC2)nn1C.Cl. The van der Waals surface area contributed by atoms with Crippen molar-refractivity contribution >= 4 is 36.0 Å². The van der Waals surface area contributed by atoms with E-state index >= 15 is 0 Å². The molecule has 0 aliphatic carbocycles. The van der Waals surface area contributed by atoms with Gasteiger partial charge in [0.05, 0.1) is 5.75 Å². The molecule has 0 spiro atoms. The number of carbonyl (C=O) groups is 1. The molecular formula is C15H28ClN5OS. The molecule has 8 heteroatoms. The molecule has 0 unspecified atom stereocenters. The number of piperidine rings is 1. The number of aromatic nitrogens is 3. The maximum absolute atomic E-state index is 12.0. The van der Waals surface area contributed by atoms with E-state index < -0.39 is 0 Å². The Balaban J connectivity index is 0.00000264. The molecule has 1 aromatic rings. The first kappa shape index (κ1) is 20.3. The van der Waals surface area contributed by atoms with Crippen LogP contribution in [0.1, 0.15) is 44.9 Å². The third kappa shape index (κ3) is 6.69. The first-order valence-electron chi connectivity index (χ1n) is 8.05. The molecule has 1 aliphatic rings. The van der Waals surface area contributed by atoms with Crippen LogP contribution in [-0.4, -0.2) is 45.3 Å². The second-order valence-electron chi connectivity index (χ2n) is 6.22. The lowest BCUT2D eigenvalue weighted by Gasteiger charge is -2.19. The van der Waals surface area contributed by atoms with E-state index in [1.807, 2.05) is 7.05 Å². The molecule has 0 radical (unpaired) electrons. The van der Waals surface area contributed by atoms with Crippen molar-refractivity contribution in [3.63, 3.8) is 0 Å². The monoisotopic (exact) mass is 361 g/mol. The molecule has 1 saturated heterocycles. The molecule has 1 fully saturated rings. The summed E-state index contributed by atoms with van der Waals surface area (Å²) in [5.74, 6) is 3.99. The second kappa shape index (κ2) is 10.2. The van der Waals surface area contributed by atoms with Gasteiger partial charge in [-0.3, -0.25) is 10.1 Å². The summed E-state index contributed by atoms with van der Waals surface area (Å²) in [5.41, 5.74) is 0. The fourth-order valence-corrected chi connectivity index (χ4v) is 3.45. The van der Waals surface area contributed by atoms with Crippen LogP contribution in [0.5, 0.6) is 0 Å². The molecule has 1 amide bonds. The van der Waals surface area contributed by atoms with Crippen molar-refractivity contribution in [2.24, 2.45) is 13.0 Å². The summed E-state index contributed by atoms with van der Waals surface area (Å²) in [6, 6.07) is 0. The van der Waals surface area contributed by atoms with Gasteiger partial charge < -0.3 is 5.32 Å². The number of nitrogens with one attached hydrogen (secondary N) is 2. The van der Waals surface area contributed by atoms with Gasteiger partial charge >= 0.3 is 0 Å². The normalized spacial score (nSPS) is 15.5. The number of halogens is 1. The molecule has 0 saturated carbocycles. The number of rotatable bonds is 7. The quantitative estimate of drug-likeness (QED) is 0.730. The molecule has 2 heterocycles. The molecule has 132 valence electrons. The maximum atomic E-state index is 12.0. The summed E-state index contributed by atoms with van der Waals surface area (Å²) in [6.45, 7) is 6.42. The van der Waals surface area contributed by atoms with E-state index in [1.54, 1.807) is 16.4 Å². The Morgan fingerprint density at radius 3 is 2.78 bits per heavy atom. The highest BCUT2D eigenvalue weighted by Crippen LogP contribution is 2.23. The molecule has 23 heavy (non-hydrogen) atoms. The molecule has 0 atom stereocenters. The zero-order chi connectivity index (χ0) is 15.9. The number of hydrogen-bond acceptors (Lipinski definition) is 5. The van der Waals surface area contributed by atoms with E-state index in [0.717, 1.165) is 43.9 Å². The topological polar surface area (TPSA) is 71.8 Å². The smallest absolute Gasteiger partial charge is 0.236 e. The maximum Gasteiger partial charge on any atom is 0.236 e. The van der Waals surface area contributed by atoms with Crippen LogP contribution in [0.4, 0.5) is 5.95 Å². The summed E-state index contributed by atoms with van der Waals surface area (Å²) in [6.07, 6.45) is 3.26. The van der Waals surface area contributed by atoms with Crippen LogP contribution in [0.25, 0.3) is 0 Å². The van der Waals surface area contributed by atoms with Gasteiger partial charge in [-0.05, 0) is 44.0 Å². The molecule has 0 aromatic carbocycles. The highest BCUT2D eigenvalue weighted by atomic mass is 35.5. The van der Waals surface area contributed by atoms with Crippen LogP contribution in [0.3, 0.4) is 0 Å². The van der Waals surface area contributed by atoms with Gasteiger partial charge in [-0.25, -0.2) is 4.68 Å². The highest BCUT2D eigenvalue weighted by molar-refractivity contribution is 7.99. The van der Waals surface area contributed by atoms with Crippen molar-refractivity contribution in [2.75, 3.05) is 29.9 Å². The van der Waals surface area contributed by atoms with Crippen LogP contribution in [0, 0.1) is 5.92 Å². The number of thioether (sulfide) groups is 1. The summed E-state index contributed by atoms with van der Waals surface area (Å²) in [5, 5.41) is 10.7. The minimum atomic E-state index is 0. The van der Waals surface area contributed by atoms with Gasteiger partial charge in [0.15, 0.2) is 5.82 Å². The molecule has 2 rings (SSSR count). The largest absolute Gasteiger partial charge is 0.317 e.